The van der Waals surface area contributed by atoms with Crippen LogP contribution in [0, 0.1) is 11.3 Å². The van der Waals surface area contributed by atoms with E-state index in [2.05, 4.69) is 25.8 Å². The van der Waals surface area contributed by atoms with Gasteiger partial charge in [0.1, 0.15) is 0 Å². The lowest BCUT2D eigenvalue weighted by Crippen LogP contribution is -2.39. The first kappa shape index (κ1) is 14.3. The summed E-state index contributed by atoms with van der Waals surface area (Å²) < 4.78 is 0. The van der Waals surface area contributed by atoms with Crippen LogP contribution < -0.4 is 5.73 Å². The second kappa shape index (κ2) is 5.92. The molecule has 0 aromatic rings. The van der Waals surface area contributed by atoms with E-state index in [4.69, 9.17) is 5.73 Å². The molecule has 18 heavy (non-hydrogen) atoms. The predicted molar refractivity (Wildman–Crippen MR) is 78.6 cm³/mol. The molecule has 0 saturated heterocycles. The Morgan fingerprint density at radius 1 is 1.11 bits per heavy atom. The van der Waals surface area contributed by atoms with Crippen LogP contribution in [0.2, 0.25) is 0 Å². The lowest BCUT2D eigenvalue weighted by Gasteiger charge is -2.39. The van der Waals surface area contributed by atoms with Gasteiger partial charge >= 0.3 is 0 Å². The smallest absolute Gasteiger partial charge is 0.00926 e. The molecule has 2 atom stereocenters. The minimum absolute atomic E-state index is 0.490. The highest BCUT2D eigenvalue weighted by Crippen LogP contribution is 2.37. The lowest BCUT2D eigenvalue weighted by molar-refractivity contribution is 0.122. The summed E-state index contributed by atoms with van der Waals surface area (Å²) in [6.45, 7) is 6.09. The number of hydrogen-bond donors (Lipinski definition) is 1. The molecule has 0 radical (unpaired) electrons. The van der Waals surface area contributed by atoms with E-state index in [9.17, 15) is 0 Å². The van der Waals surface area contributed by atoms with E-state index in [-0.39, 0.29) is 0 Å². The highest BCUT2D eigenvalue weighted by atomic mass is 15.1. The second-order valence-electron chi connectivity index (χ2n) is 7.52. The summed E-state index contributed by atoms with van der Waals surface area (Å²) in [6, 6.07) is 1.32. The summed E-state index contributed by atoms with van der Waals surface area (Å²) >= 11 is 0. The maximum Gasteiger partial charge on any atom is 0.00926 e. The first-order valence-corrected chi connectivity index (χ1v) is 7.94. The third-order valence-corrected chi connectivity index (χ3v) is 5.50. The third kappa shape index (κ3) is 3.71. The minimum Gasteiger partial charge on any atom is -0.327 e. The van der Waals surface area contributed by atoms with Gasteiger partial charge in [0.2, 0.25) is 0 Å². The lowest BCUT2D eigenvalue weighted by atomic mass is 9.75. The van der Waals surface area contributed by atoms with E-state index >= 15 is 0 Å². The SMILES string of the molecule is CN(CCC1CCCC1N)C1CCC(C)(C)CC1. The largest absolute Gasteiger partial charge is 0.327 e. The van der Waals surface area contributed by atoms with Crippen molar-refractivity contribution >= 4 is 0 Å². The normalized spacial score (nSPS) is 33.2. The van der Waals surface area contributed by atoms with E-state index in [0.717, 1.165) is 12.0 Å². The van der Waals surface area contributed by atoms with Crippen LogP contribution in [0.1, 0.15) is 65.2 Å². The highest BCUT2D eigenvalue weighted by Gasteiger charge is 2.29. The van der Waals surface area contributed by atoms with Crippen molar-refractivity contribution < 1.29 is 0 Å². The summed E-state index contributed by atoms with van der Waals surface area (Å²) in [7, 11) is 2.32. The Morgan fingerprint density at radius 2 is 1.78 bits per heavy atom. The van der Waals surface area contributed by atoms with Crippen molar-refractivity contribution in [1.29, 1.82) is 0 Å². The van der Waals surface area contributed by atoms with Gasteiger partial charge in [-0.3, -0.25) is 0 Å². The molecule has 2 fully saturated rings. The zero-order valence-corrected chi connectivity index (χ0v) is 12.6. The molecule has 2 N–H and O–H groups in total. The number of rotatable bonds is 4. The molecule has 2 aliphatic rings. The zero-order valence-electron chi connectivity index (χ0n) is 12.6. The molecule has 2 unspecified atom stereocenters. The van der Waals surface area contributed by atoms with Gasteiger partial charge in [0.05, 0.1) is 0 Å². The minimum atomic E-state index is 0.490. The van der Waals surface area contributed by atoms with Crippen molar-refractivity contribution in [3.8, 4) is 0 Å². The Kier molecular flexibility index (Phi) is 4.71. The molecule has 0 bridgehead atoms. The summed E-state index contributed by atoms with van der Waals surface area (Å²) in [5, 5.41) is 0. The molecule has 0 aromatic heterocycles. The molecule has 2 heteroatoms. The van der Waals surface area contributed by atoms with Crippen LogP contribution in [-0.4, -0.2) is 30.6 Å². The van der Waals surface area contributed by atoms with Crippen LogP contribution in [0.4, 0.5) is 0 Å². The molecular weight excluding hydrogens is 220 g/mol. The van der Waals surface area contributed by atoms with Crippen LogP contribution in [0.5, 0.6) is 0 Å². The monoisotopic (exact) mass is 252 g/mol. The molecule has 2 saturated carbocycles. The fourth-order valence-corrected chi connectivity index (χ4v) is 3.80. The zero-order chi connectivity index (χ0) is 13.2. The van der Waals surface area contributed by atoms with Crippen LogP contribution >= 0.6 is 0 Å². The Morgan fingerprint density at radius 3 is 2.33 bits per heavy atom. The topological polar surface area (TPSA) is 29.3 Å². The Hall–Kier alpha value is -0.0800. The molecule has 2 aliphatic carbocycles. The third-order valence-electron chi connectivity index (χ3n) is 5.50. The molecule has 0 heterocycles. The Labute approximate surface area is 113 Å². The van der Waals surface area contributed by atoms with E-state index in [1.54, 1.807) is 0 Å². The number of hydrogen-bond acceptors (Lipinski definition) is 2. The van der Waals surface area contributed by atoms with Gasteiger partial charge in [0.15, 0.2) is 0 Å². The van der Waals surface area contributed by atoms with E-state index in [1.165, 1.54) is 57.9 Å². The van der Waals surface area contributed by atoms with Crippen molar-refractivity contribution in [3.63, 3.8) is 0 Å². The van der Waals surface area contributed by atoms with Gasteiger partial charge in [-0.1, -0.05) is 20.3 Å². The van der Waals surface area contributed by atoms with E-state index in [1.807, 2.05) is 0 Å². The fourth-order valence-electron chi connectivity index (χ4n) is 3.80. The molecular formula is C16H32N2. The van der Waals surface area contributed by atoms with Crippen molar-refractivity contribution in [2.24, 2.45) is 17.1 Å². The molecule has 0 spiro atoms. The standard InChI is InChI=1S/C16H32N2/c1-16(2)10-7-14(8-11-16)18(3)12-9-13-5-4-6-15(13)17/h13-15H,4-12,17H2,1-3H3. The van der Waals surface area contributed by atoms with Crippen molar-refractivity contribution in [3.05, 3.63) is 0 Å². The van der Waals surface area contributed by atoms with Gasteiger partial charge in [-0.05, 0) is 69.9 Å². The van der Waals surface area contributed by atoms with Gasteiger partial charge in [0, 0.05) is 12.1 Å². The quantitative estimate of drug-likeness (QED) is 0.831. The van der Waals surface area contributed by atoms with Crippen LogP contribution in [0.3, 0.4) is 0 Å². The second-order valence-corrected chi connectivity index (χ2v) is 7.52. The molecule has 0 aliphatic heterocycles. The number of nitrogens with two attached hydrogens (primary N) is 1. The average Bonchev–Trinajstić information content (AvgIpc) is 2.72. The van der Waals surface area contributed by atoms with Crippen LogP contribution in [0.25, 0.3) is 0 Å². The van der Waals surface area contributed by atoms with Gasteiger partial charge in [0.25, 0.3) is 0 Å². The van der Waals surface area contributed by atoms with Gasteiger partial charge in [-0.2, -0.15) is 0 Å². The van der Waals surface area contributed by atoms with E-state index in [0.29, 0.717) is 11.5 Å². The maximum absolute atomic E-state index is 6.16. The highest BCUT2D eigenvalue weighted by molar-refractivity contribution is 4.85. The van der Waals surface area contributed by atoms with Gasteiger partial charge in [-0.25, -0.2) is 0 Å². The van der Waals surface area contributed by atoms with Crippen LogP contribution in [-0.2, 0) is 0 Å². The number of nitrogens with zero attached hydrogens (tertiary/aromatic N) is 1. The summed E-state index contributed by atoms with van der Waals surface area (Å²) in [5.74, 6) is 0.799. The molecule has 106 valence electrons. The predicted octanol–water partition coefficient (Wildman–Crippen LogP) is 3.40. The molecule has 2 nitrogen and oxygen atoms in total. The Bertz CT molecular complexity index is 252. The van der Waals surface area contributed by atoms with Crippen LogP contribution in [0.15, 0.2) is 0 Å². The summed E-state index contributed by atoms with van der Waals surface area (Å²) in [5.41, 5.74) is 6.75. The Balaban J connectivity index is 1.70. The fraction of sp³-hybridized carbons (Fsp3) is 1.00. The van der Waals surface area contributed by atoms with Gasteiger partial charge < -0.3 is 10.6 Å². The van der Waals surface area contributed by atoms with Crippen molar-refractivity contribution in [1.82, 2.24) is 4.90 Å². The van der Waals surface area contributed by atoms with Gasteiger partial charge in [-0.15, -0.1) is 0 Å². The summed E-state index contributed by atoms with van der Waals surface area (Å²) in [4.78, 5) is 2.61. The van der Waals surface area contributed by atoms with Crippen molar-refractivity contribution in [2.75, 3.05) is 13.6 Å². The molecule has 0 amide bonds. The van der Waals surface area contributed by atoms with Crippen molar-refractivity contribution in [2.45, 2.75) is 77.3 Å². The molecule has 0 aromatic carbocycles. The summed E-state index contributed by atoms with van der Waals surface area (Å²) in [6.07, 6.45) is 10.9. The average molecular weight is 252 g/mol. The molecule has 2 rings (SSSR count). The first-order chi connectivity index (χ1) is 8.48. The maximum atomic E-state index is 6.16. The van der Waals surface area contributed by atoms with E-state index < -0.39 is 0 Å². The first-order valence-electron chi connectivity index (χ1n) is 7.94.